The Balaban J connectivity index is 2.34. The van der Waals surface area contributed by atoms with Crippen molar-refractivity contribution in [2.24, 2.45) is 0 Å². The molecule has 1 aliphatic heterocycles. The van der Waals surface area contributed by atoms with E-state index in [2.05, 4.69) is 10.3 Å². The molecular formula is C15H23N3O4. The van der Waals surface area contributed by atoms with Gasteiger partial charge in [-0.25, -0.2) is 19.1 Å². The molecule has 1 fully saturated rings. The summed E-state index contributed by atoms with van der Waals surface area (Å²) in [7, 11) is 1.29. The number of rotatable bonds is 2. The first-order chi connectivity index (χ1) is 10.3. The van der Waals surface area contributed by atoms with Crippen molar-refractivity contribution in [3.05, 3.63) is 17.7 Å². The molecule has 122 valence electrons. The maximum atomic E-state index is 12.4. The zero-order valence-electron chi connectivity index (χ0n) is 13.5. The average Bonchev–Trinajstić information content (AvgIpc) is 2.91. The number of aromatic nitrogens is 2. The monoisotopic (exact) mass is 309 g/mol. The molecule has 1 saturated heterocycles. The second-order valence-electron chi connectivity index (χ2n) is 6.35. The van der Waals surface area contributed by atoms with Crippen molar-refractivity contribution in [2.75, 3.05) is 20.2 Å². The summed E-state index contributed by atoms with van der Waals surface area (Å²) in [5, 5.41) is 3.27. The Hall–Kier alpha value is -1.89. The number of hydrogen-bond acceptors (Lipinski definition) is 6. The van der Waals surface area contributed by atoms with E-state index in [9.17, 15) is 9.59 Å². The summed E-state index contributed by atoms with van der Waals surface area (Å²) in [5.41, 5.74) is -0.486. The minimum Gasteiger partial charge on any atom is -0.464 e. The molecule has 0 radical (unpaired) electrons. The molecular weight excluding hydrogens is 286 g/mol. The molecule has 0 saturated carbocycles. The molecule has 1 aliphatic rings. The summed E-state index contributed by atoms with van der Waals surface area (Å²) < 4.78 is 11.4. The van der Waals surface area contributed by atoms with Gasteiger partial charge >= 0.3 is 12.1 Å². The van der Waals surface area contributed by atoms with Gasteiger partial charge in [-0.05, 0) is 46.7 Å². The van der Waals surface area contributed by atoms with Crippen LogP contribution in [0, 0.1) is 0 Å². The second kappa shape index (κ2) is 6.48. The minimum atomic E-state index is -0.613. The van der Waals surface area contributed by atoms with E-state index >= 15 is 0 Å². The van der Waals surface area contributed by atoms with Crippen LogP contribution in [-0.4, -0.2) is 47.4 Å². The summed E-state index contributed by atoms with van der Waals surface area (Å²) >= 11 is 0. The zero-order chi connectivity index (χ0) is 16.3. The molecule has 0 atom stereocenters. The third-order valence-corrected chi connectivity index (χ3v) is 3.42. The van der Waals surface area contributed by atoms with Crippen LogP contribution in [0.4, 0.5) is 4.79 Å². The molecule has 0 aromatic carbocycles. The Kier molecular flexibility index (Phi) is 4.85. The number of carbonyl (C=O) groups is 2. The number of nitrogens with one attached hydrogen (secondary N) is 1. The van der Waals surface area contributed by atoms with Gasteiger partial charge in [-0.3, -0.25) is 0 Å². The van der Waals surface area contributed by atoms with Crippen molar-refractivity contribution < 1.29 is 19.1 Å². The quantitative estimate of drug-likeness (QED) is 0.840. The highest BCUT2D eigenvalue weighted by atomic mass is 16.6. The Morgan fingerprint density at radius 2 is 1.95 bits per heavy atom. The fourth-order valence-corrected chi connectivity index (χ4v) is 2.42. The van der Waals surface area contributed by atoms with E-state index < -0.39 is 17.7 Å². The van der Waals surface area contributed by atoms with Crippen molar-refractivity contribution in [2.45, 2.75) is 45.1 Å². The number of imidazole rings is 1. The lowest BCUT2D eigenvalue weighted by Crippen LogP contribution is -2.31. The van der Waals surface area contributed by atoms with Crippen LogP contribution in [0.15, 0.2) is 6.20 Å². The highest BCUT2D eigenvalue weighted by Gasteiger charge is 2.28. The fourth-order valence-electron chi connectivity index (χ4n) is 2.42. The van der Waals surface area contributed by atoms with Crippen LogP contribution in [-0.2, 0) is 9.47 Å². The lowest BCUT2D eigenvalue weighted by atomic mass is 9.97. The van der Waals surface area contributed by atoms with Crippen LogP contribution in [0.2, 0.25) is 0 Å². The predicted octanol–water partition coefficient (Wildman–Crippen LogP) is 1.92. The van der Waals surface area contributed by atoms with Gasteiger partial charge in [0.2, 0.25) is 0 Å². The minimum absolute atomic E-state index is 0.118. The van der Waals surface area contributed by atoms with Gasteiger partial charge in [0.05, 0.1) is 13.3 Å². The van der Waals surface area contributed by atoms with E-state index in [1.165, 1.54) is 17.9 Å². The van der Waals surface area contributed by atoms with E-state index in [1.807, 2.05) is 0 Å². The summed E-state index contributed by atoms with van der Waals surface area (Å²) in [5.74, 6) is 0.126. The fraction of sp³-hybridized carbons (Fsp3) is 0.667. The molecule has 0 amide bonds. The number of carbonyl (C=O) groups excluding carboxylic acids is 2. The van der Waals surface area contributed by atoms with Crippen LogP contribution in [0.1, 0.15) is 55.8 Å². The van der Waals surface area contributed by atoms with Gasteiger partial charge in [0.15, 0.2) is 5.69 Å². The Morgan fingerprint density at radius 1 is 1.32 bits per heavy atom. The third kappa shape index (κ3) is 3.85. The van der Waals surface area contributed by atoms with E-state index in [0.29, 0.717) is 5.82 Å². The zero-order valence-corrected chi connectivity index (χ0v) is 13.5. The molecule has 2 rings (SSSR count). The van der Waals surface area contributed by atoms with Crippen LogP contribution >= 0.6 is 0 Å². The number of methoxy groups -OCH3 is 1. The second-order valence-corrected chi connectivity index (χ2v) is 6.35. The topological polar surface area (TPSA) is 82.5 Å². The molecule has 0 aliphatic carbocycles. The molecule has 0 spiro atoms. The first-order valence-corrected chi connectivity index (χ1v) is 7.43. The molecule has 2 heterocycles. The normalized spacial score (nSPS) is 16.4. The van der Waals surface area contributed by atoms with Gasteiger partial charge in [-0.15, -0.1) is 0 Å². The third-order valence-electron chi connectivity index (χ3n) is 3.42. The van der Waals surface area contributed by atoms with E-state index in [0.717, 1.165) is 25.9 Å². The number of esters is 1. The molecule has 1 aromatic rings. The van der Waals surface area contributed by atoms with Crippen LogP contribution in [0.3, 0.4) is 0 Å². The summed E-state index contributed by atoms with van der Waals surface area (Å²) in [4.78, 5) is 28.4. The van der Waals surface area contributed by atoms with E-state index in [-0.39, 0.29) is 11.6 Å². The van der Waals surface area contributed by atoms with Gasteiger partial charge in [-0.1, -0.05) is 0 Å². The maximum Gasteiger partial charge on any atom is 0.420 e. The van der Waals surface area contributed by atoms with Gasteiger partial charge in [0.1, 0.15) is 11.4 Å². The van der Waals surface area contributed by atoms with Crippen LogP contribution < -0.4 is 5.32 Å². The number of nitrogens with zero attached hydrogens (tertiary/aromatic N) is 2. The summed E-state index contributed by atoms with van der Waals surface area (Å²) in [6, 6.07) is 0. The molecule has 22 heavy (non-hydrogen) atoms. The number of ether oxygens (including phenoxy) is 2. The smallest absolute Gasteiger partial charge is 0.420 e. The Bertz CT molecular complexity index is 554. The Labute approximate surface area is 130 Å². The van der Waals surface area contributed by atoms with Crippen LogP contribution in [0.25, 0.3) is 0 Å². The van der Waals surface area contributed by atoms with Gasteiger partial charge in [0.25, 0.3) is 0 Å². The summed E-state index contributed by atoms with van der Waals surface area (Å²) in [6.45, 7) is 7.12. The first kappa shape index (κ1) is 16.5. The van der Waals surface area contributed by atoms with Crippen molar-refractivity contribution in [1.82, 2.24) is 14.9 Å². The SMILES string of the molecule is COC(=O)c1cn(C(=O)OC(C)(C)C)c(C2CCNCC2)n1. The molecule has 0 unspecified atom stereocenters. The van der Waals surface area contributed by atoms with E-state index in [1.54, 1.807) is 20.8 Å². The lowest BCUT2D eigenvalue weighted by molar-refractivity contribution is 0.0528. The van der Waals surface area contributed by atoms with Crippen LogP contribution in [0.5, 0.6) is 0 Å². The number of hydrogen-bond donors (Lipinski definition) is 1. The van der Waals surface area contributed by atoms with E-state index in [4.69, 9.17) is 9.47 Å². The van der Waals surface area contributed by atoms with Gasteiger partial charge in [-0.2, -0.15) is 0 Å². The van der Waals surface area contributed by atoms with Crippen molar-refractivity contribution in [3.63, 3.8) is 0 Å². The lowest BCUT2D eigenvalue weighted by Gasteiger charge is -2.24. The van der Waals surface area contributed by atoms with Crippen molar-refractivity contribution >= 4 is 12.1 Å². The predicted molar refractivity (Wildman–Crippen MR) is 80.0 cm³/mol. The number of piperidine rings is 1. The highest BCUT2D eigenvalue weighted by Crippen LogP contribution is 2.25. The van der Waals surface area contributed by atoms with Gasteiger partial charge < -0.3 is 14.8 Å². The Morgan fingerprint density at radius 3 is 2.50 bits per heavy atom. The van der Waals surface area contributed by atoms with Gasteiger partial charge in [0, 0.05) is 5.92 Å². The van der Waals surface area contributed by atoms with Crippen molar-refractivity contribution in [3.8, 4) is 0 Å². The molecule has 7 nitrogen and oxygen atoms in total. The molecule has 0 bridgehead atoms. The first-order valence-electron chi connectivity index (χ1n) is 7.43. The standard InChI is InChI=1S/C15H23N3O4/c1-15(2,3)22-14(20)18-9-11(13(19)21-4)17-12(18)10-5-7-16-8-6-10/h9-10,16H,5-8H2,1-4H3. The largest absolute Gasteiger partial charge is 0.464 e. The highest BCUT2D eigenvalue weighted by molar-refractivity contribution is 5.88. The summed E-state index contributed by atoms with van der Waals surface area (Å²) in [6.07, 6.45) is 2.60. The van der Waals surface area contributed by atoms with Crippen molar-refractivity contribution in [1.29, 1.82) is 0 Å². The average molecular weight is 309 g/mol. The maximum absolute atomic E-state index is 12.4. The molecule has 1 aromatic heterocycles. The molecule has 7 heteroatoms. The molecule has 1 N–H and O–H groups in total.